The second kappa shape index (κ2) is 8.01. The van der Waals surface area contributed by atoms with Crippen LogP contribution in [0.3, 0.4) is 0 Å². The number of benzene rings is 2. The van der Waals surface area contributed by atoms with Gasteiger partial charge in [-0.1, -0.05) is 12.1 Å². The Hall–Kier alpha value is -3.03. The highest BCUT2D eigenvalue weighted by atomic mass is 16.5. The van der Waals surface area contributed by atoms with Gasteiger partial charge in [0.05, 0.1) is 27.4 Å². The minimum atomic E-state index is 0.725. The van der Waals surface area contributed by atoms with Crippen molar-refractivity contribution in [3.05, 3.63) is 48.7 Å². The summed E-state index contributed by atoms with van der Waals surface area (Å²) in [5.74, 6) is 2.55. The third-order valence-electron chi connectivity index (χ3n) is 6.00. The first-order valence-corrected chi connectivity index (χ1v) is 10.4. The van der Waals surface area contributed by atoms with E-state index in [0.29, 0.717) is 0 Å². The van der Waals surface area contributed by atoms with Crippen LogP contribution < -0.4 is 18.9 Å². The van der Waals surface area contributed by atoms with Gasteiger partial charge >= 0.3 is 5.78 Å². The van der Waals surface area contributed by atoms with Crippen LogP contribution in [0.5, 0.6) is 11.5 Å². The van der Waals surface area contributed by atoms with Gasteiger partial charge in [0.2, 0.25) is 0 Å². The van der Waals surface area contributed by atoms with Crippen molar-refractivity contribution in [3.63, 3.8) is 0 Å². The minimum Gasteiger partial charge on any atom is -0.493 e. The standard InChI is InChI=1S/C23H26N4O3/c1-28-21-8-7-17(15-22(21)29-2)18-16-27-20-6-4-3-5-19(20)26(23(27)24-18)10-9-25-11-13-30-14-12-25/h3-8,15-16H,9-14H2,1-2H3/p+2. The van der Waals surface area contributed by atoms with E-state index in [1.807, 2.05) is 12.1 Å². The Morgan fingerprint density at radius 3 is 2.67 bits per heavy atom. The van der Waals surface area contributed by atoms with Crippen molar-refractivity contribution < 1.29 is 23.7 Å². The predicted molar refractivity (Wildman–Crippen MR) is 114 cm³/mol. The summed E-state index contributed by atoms with van der Waals surface area (Å²) in [7, 11) is 3.32. The van der Waals surface area contributed by atoms with Gasteiger partial charge in [0.25, 0.3) is 0 Å². The van der Waals surface area contributed by atoms with E-state index in [0.717, 1.165) is 67.9 Å². The third kappa shape index (κ3) is 3.30. The molecule has 0 aliphatic carbocycles. The van der Waals surface area contributed by atoms with Gasteiger partial charge in [-0.05, 0) is 30.3 Å². The van der Waals surface area contributed by atoms with Gasteiger partial charge in [0.1, 0.15) is 49.1 Å². The third-order valence-corrected chi connectivity index (χ3v) is 6.00. The zero-order valence-electron chi connectivity index (χ0n) is 17.5. The van der Waals surface area contributed by atoms with E-state index in [-0.39, 0.29) is 0 Å². The van der Waals surface area contributed by atoms with Crippen LogP contribution in [0.1, 0.15) is 0 Å². The Morgan fingerprint density at radius 1 is 1.07 bits per heavy atom. The van der Waals surface area contributed by atoms with Crippen LogP contribution >= 0.6 is 0 Å². The van der Waals surface area contributed by atoms with E-state index in [2.05, 4.69) is 50.5 Å². The highest BCUT2D eigenvalue weighted by Gasteiger charge is 2.23. The van der Waals surface area contributed by atoms with Crippen LogP contribution in [-0.4, -0.2) is 56.5 Å². The molecule has 3 heterocycles. The lowest BCUT2D eigenvalue weighted by Gasteiger charge is -2.23. The fourth-order valence-corrected chi connectivity index (χ4v) is 4.35. The van der Waals surface area contributed by atoms with Crippen molar-refractivity contribution in [2.75, 3.05) is 47.1 Å². The first kappa shape index (κ1) is 19.0. The number of para-hydroxylation sites is 2. The molecule has 2 N–H and O–H groups in total. The van der Waals surface area contributed by atoms with Crippen LogP contribution in [0.2, 0.25) is 0 Å². The Kier molecular flexibility index (Phi) is 5.06. The quantitative estimate of drug-likeness (QED) is 0.473. The molecule has 1 saturated heterocycles. The Labute approximate surface area is 175 Å². The molecule has 0 saturated carbocycles. The van der Waals surface area contributed by atoms with E-state index >= 15 is 0 Å². The first-order valence-electron chi connectivity index (χ1n) is 10.4. The molecule has 2 aromatic heterocycles. The largest absolute Gasteiger partial charge is 0.493 e. The van der Waals surface area contributed by atoms with Gasteiger partial charge in [-0.15, -0.1) is 0 Å². The number of methoxy groups -OCH3 is 2. The number of hydrogen-bond acceptors (Lipinski definition) is 3. The molecule has 0 amide bonds. The molecule has 0 unspecified atom stereocenters. The lowest BCUT2D eigenvalue weighted by molar-refractivity contribution is -0.923. The number of hydrogen-bond donors (Lipinski definition) is 2. The zero-order valence-corrected chi connectivity index (χ0v) is 17.5. The molecule has 1 fully saturated rings. The Balaban J connectivity index is 1.55. The van der Waals surface area contributed by atoms with Gasteiger partial charge in [-0.2, -0.15) is 4.40 Å². The predicted octanol–water partition coefficient (Wildman–Crippen LogP) is 1.31. The molecular formula is C23H28N4O3+2. The summed E-state index contributed by atoms with van der Waals surface area (Å²) in [6, 6.07) is 14.6. The summed E-state index contributed by atoms with van der Waals surface area (Å²) in [6.45, 7) is 5.92. The van der Waals surface area contributed by atoms with E-state index < -0.39 is 0 Å². The minimum absolute atomic E-state index is 0.725. The molecule has 0 bridgehead atoms. The average Bonchev–Trinajstić information content (AvgIpc) is 3.36. The van der Waals surface area contributed by atoms with Crippen molar-refractivity contribution in [3.8, 4) is 22.8 Å². The topological polar surface area (TPSA) is 56.2 Å². The Bertz CT molecular complexity index is 1170. The van der Waals surface area contributed by atoms with E-state index in [1.165, 1.54) is 11.0 Å². The van der Waals surface area contributed by atoms with Gasteiger partial charge in [-0.25, -0.2) is 9.55 Å². The summed E-state index contributed by atoms with van der Waals surface area (Å²) in [6.07, 6.45) is 2.16. The van der Waals surface area contributed by atoms with Crippen molar-refractivity contribution in [1.82, 2.24) is 9.38 Å². The molecule has 2 aromatic carbocycles. The first-order chi connectivity index (χ1) is 14.8. The van der Waals surface area contributed by atoms with Crippen LogP contribution in [0, 0.1) is 0 Å². The molecule has 4 aromatic rings. The molecule has 156 valence electrons. The van der Waals surface area contributed by atoms with Crippen LogP contribution in [0.15, 0.2) is 48.7 Å². The second-order valence-corrected chi connectivity index (χ2v) is 7.68. The van der Waals surface area contributed by atoms with Crippen molar-refractivity contribution in [1.29, 1.82) is 0 Å². The summed E-state index contributed by atoms with van der Waals surface area (Å²) >= 11 is 0. The van der Waals surface area contributed by atoms with E-state index in [4.69, 9.17) is 14.2 Å². The van der Waals surface area contributed by atoms with Crippen LogP contribution in [0.25, 0.3) is 28.1 Å². The number of imidazole rings is 2. The number of aromatic amines is 1. The number of rotatable bonds is 6. The SMILES string of the molecule is COc1ccc(-c2cn3c4ccccc4[n+](CC[NH+]4CCOCC4)c3[nH]2)cc1OC. The van der Waals surface area contributed by atoms with Gasteiger partial charge in [0, 0.05) is 5.56 Å². The van der Waals surface area contributed by atoms with Crippen molar-refractivity contribution in [2.45, 2.75) is 6.54 Å². The summed E-state index contributed by atoms with van der Waals surface area (Å²) < 4.78 is 21.0. The molecule has 0 spiro atoms. The average molecular weight is 409 g/mol. The van der Waals surface area contributed by atoms with Crippen molar-refractivity contribution >= 4 is 16.8 Å². The van der Waals surface area contributed by atoms with Crippen LogP contribution in [-0.2, 0) is 11.3 Å². The number of nitrogens with one attached hydrogen (secondary N) is 2. The summed E-state index contributed by atoms with van der Waals surface area (Å²) in [5.41, 5.74) is 4.55. The molecule has 0 atom stereocenters. The maximum Gasteiger partial charge on any atom is 0.368 e. The normalized spacial score (nSPS) is 15.1. The summed E-state index contributed by atoms with van der Waals surface area (Å²) in [4.78, 5) is 5.24. The molecule has 7 nitrogen and oxygen atoms in total. The van der Waals surface area contributed by atoms with E-state index in [9.17, 15) is 0 Å². The zero-order chi connectivity index (χ0) is 20.5. The number of aromatic nitrogens is 3. The van der Waals surface area contributed by atoms with Gasteiger partial charge < -0.3 is 19.1 Å². The molecule has 5 rings (SSSR count). The maximum absolute atomic E-state index is 5.51. The fraction of sp³-hybridized carbons (Fsp3) is 0.348. The van der Waals surface area contributed by atoms with Crippen LogP contribution in [0.4, 0.5) is 0 Å². The molecule has 30 heavy (non-hydrogen) atoms. The maximum atomic E-state index is 5.51. The van der Waals surface area contributed by atoms with Gasteiger partial charge in [-0.3, -0.25) is 0 Å². The number of quaternary nitrogens is 1. The second-order valence-electron chi connectivity index (χ2n) is 7.68. The monoisotopic (exact) mass is 408 g/mol. The number of fused-ring (bicyclic) bond motifs is 3. The van der Waals surface area contributed by atoms with Crippen molar-refractivity contribution in [2.24, 2.45) is 0 Å². The highest BCUT2D eigenvalue weighted by Crippen LogP contribution is 2.32. The lowest BCUT2D eigenvalue weighted by Crippen LogP contribution is -3.14. The molecule has 7 heteroatoms. The van der Waals surface area contributed by atoms with E-state index in [1.54, 1.807) is 19.1 Å². The number of H-pyrrole nitrogens is 1. The highest BCUT2D eigenvalue weighted by molar-refractivity contribution is 5.77. The van der Waals surface area contributed by atoms with Gasteiger partial charge in [0.15, 0.2) is 11.5 Å². The molecule has 1 aliphatic rings. The summed E-state index contributed by atoms with van der Waals surface area (Å²) in [5, 5.41) is 0. The molecule has 1 aliphatic heterocycles. The smallest absolute Gasteiger partial charge is 0.368 e. The Morgan fingerprint density at radius 2 is 1.87 bits per heavy atom. The number of morpholine rings is 1. The number of nitrogens with zero attached hydrogens (tertiary/aromatic N) is 2. The fourth-order valence-electron chi connectivity index (χ4n) is 4.35. The number of ether oxygens (including phenoxy) is 3. The molecular weight excluding hydrogens is 380 g/mol. The molecule has 0 radical (unpaired) electrons. The lowest BCUT2D eigenvalue weighted by atomic mass is 10.1.